The van der Waals surface area contributed by atoms with Crippen LogP contribution in [0.2, 0.25) is 0 Å². The van der Waals surface area contributed by atoms with Gasteiger partial charge in [0.1, 0.15) is 0 Å². The molecule has 1 aliphatic rings. The van der Waals surface area contributed by atoms with E-state index in [1.165, 1.54) is 0 Å². The average molecular weight is 284 g/mol. The zero-order chi connectivity index (χ0) is 15.2. The molecule has 5 nitrogen and oxygen atoms in total. The van der Waals surface area contributed by atoms with Crippen molar-refractivity contribution in [1.29, 1.82) is 0 Å². The van der Waals surface area contributed by atoms with Crippen LogP contribution in [0.4, 0.5) is 4.79 Å². The summed E-state index contributed by atoms with van der Waals surface area (Å²) < 4.78 is 0. The molecule has 1 rings (SSSR count). The average Bonchev–Trinajstić information content (AvgIpc) is 2.62. The van der Waals surface area contributed by atoms with Crippen molar-refractivity contribution in [2.45, 2.75) is 65.3 Å². The smallest absolute Gasteiger partial charge is 0.315 e. The molecule has 1 saturated carbocycles. The van der Waals surface area contributed by atoms with Crippen LogP contribution in [-0.4, -0.2) is 29.7 Å². The lowest BCUT2D eigenvalue weighted by Crippen LogP contribution is -2.48. The number of rotatable bonds is 5. The normalized spacial score (nSPS) is 23.8. The van der Waals surface area contributed by atoms with Gasteiger partial charge in [-0.3, -0.25) is 4.79 Å². The van der Waals surface area contributed by atoms with E-state index < -0.39 is 11.9 Å². The van der Waals surface area contributed by atoms with Crippen LogP contribution < -0.4 is 10.6 Å². The quantitative estimate of drug-likeness (QED) is 0.679. The van der Waals surface area contributed by atoms with E-state index >= 15 is 0 Å². The van der Waals surface area contributed by atoms with Gasteiger partial charge in [-0.1, -0.05) is 40.0 Å². The SMILES string of the molecule is CCC(C)(C)CNC(=O)NC1CCCCCC1C(=O)O. The lowest BCUT2D eigenvalue weighted by atomic mass is 9.90. The second-order valence-electron chi connectivity index (χ2n) is 6.53. The Labute approximate surface area is 121 Å². The van der Waals surface area contributed by atoms with E-state index in [4.69, 9.17) is 0 Å². The highest BCUT2D eigenvalue weighted by Crippen LogP contribution is 2.24. The first-order valence-corrected chi connectivity index (χ1v) is 7.63. The predicted molar refractivity (Wildman–Crippen MR) is 78.6 cm³/mol. The maximum atomic E-state index is 11.9. The van der Waals surface area contributed by atoms with E-state index in [0.717, 1.165) is 32.1 Å². The summed E-state index contributed by atoms with van der Waals surface area (Å²) in [7, 11) is 0. The van der Waals surface area contributed by atoms with Gasteiger partial charge in [0, 0.05) is 12.6 Å². The van der Waals surface area contributed by atoms with Gasteiger partial charge in [0.15, 0.2) is 0 Å². The van der Waals surface area contributed by atoms with E-state index in [9.17, 15) is 14.7 Å². The highest BCUT2D eigenvalue weighted by molar-refractivity contribution is 5.76. The number of hydrogen-bond donors (Lipinski definition) is 3. The Bertz CT molecular complexity index is 342. The van der Waals surface area contributed by atoms with E-state index in [-0.39, 0.29) is 17.5 Å². The van der Waals surface area contributed by atoms with Crippen LogP contribution in [-0.2, 0) is 4.79 Å². The zero-order valence-electron chi connectivity index (χ0n) is 12.9. The number of carboxylic acids is 1. The van der Waals surface area contributed by atoms with Crippen molar-refractivity contribution in [2.75, 3.05) is 6.54 Å². The first kappa shape index (κ1) is 16.8. The van der Waals surface area contributed by atoms with Crippen molar-refractivity contribution in [1.82, 2.24) is 10.6 Å². The minimum Gasteiger partial charge on any atom is -0.481 e. The zero-order valence-corrected chi connectivity index (χ0v) is 12.9. The molecular formula is C15H28N2O3. The Hall–Kier alpha value is -1.26. The number of carbonyl (C=O) groups is 2. The number of amides is 2. The second-order valence-corrected chi connectivity index (χ2v) is 6.53. The van der Waals surface area contributed by atoms with Crippen molar-refractivity contribution in [3.63, 3.8) is 0 Å². The van der Waals surface area contributed by atoms with Crippen molar-refractivity contribution in [2.24, 2.45) is 11.3 Å². The molecule has 3 N–H and O–H groups in total. The largest absolute Gasteiger partial charge is 0.481 e. The number of aliphatic carboxylic acids is 1. The van der Waals surface area contributed by atoms with Gasteiger partial charge >= 0.3 is 12.0 Å². The summed E-state index contributed by atoms with van der Waals surface area (Å²) in [6.45, 7) is 6.88. The van der Waals surface area contributed by atoms with Crippen molar-refractivity contribution in [3.05, 3.63) is 0 Å². The summed E-state index contributed by atoms with van der Waals surface area (Å²) >= 11 is 0. The van der Waals surface area contributed by atoms with E-state index in [0.29, 0.717) is 13.0 Å². The third-order valence-corrected chi connectivity index (χ3v) is 4.33. The summed E-state index contributed by atoms with van der Waals surface area (Å²) in [6, 6.07) is -0.496. The third-order valence-electron chi connectivity index (χ3n) is 4.33. The fourth-order valence-corrected chi connectivity index (χ4v) is 2.44. The van der Waals surface area contributed by atoms with E-state index in [1.54, 1.807) is 0 Å². The fraction of sp³-hybridized carbons (Fsp3) is 0.867. The van der Waals surface area contributed by atoms with Gasteiger partial charge in [-0.25, -0.2) is 4.79 Å². The maximum Gasteiger partial charge on any atom is 0.315 e. The number of hydrogen-bond acceptors (Lipinski definition) is 2. The molecule has 116 valence electrons. The molecule has 5 heteroatoms. The van der Waals surface area contributed by atoms with Gasteiger partial charge < -0.3 is 15.7 Å². The van der Waals surface area contributed by atoms with Crippen LogP contribution >= 0.6 is 0 Å². The van der Waals surface area contributed by atoms with Gasteiger partial charge in [0.25, 0.3) is 0 Å². The summed E-state index contributed by atoms with van der Waals surface area (Å²) in [4.78, 5) is 23.2. The summed E-state index contributed by atoms with van der Waals surface area (Å²) in [5, 5.41) is 15.0. The Kier molecular flexibility index (Phi) is 6.30. The predicted octanol–water partition coefficient (Wildman–Crippen LogP) is 2.76. The number of carbonyl (C=O) groups excluding carboxylic acids is 1. The third kappa shape index (κ3) is 5.39. The molecule has 0 aliphatic heterocycles. The summed E-state index contributed by atoms with van der Waals surface area (Å²) in [5.41, 5.74) is 0.0625. The molecule has 0 aromatic carbocycles. The van der Waals surface area contributed by atoms with Crippen LogP contribution in [0.25, 0.3) is 0 Å². The Morgan fingerprint density at radius 1 is 1.20 bits per heavy atom. The number of carboxylic acid groups (broad SMARTS) is 1. The van der Waals surface area contributed by atoms with Crippen LogP contribution in [0.15, 0.2) is 0 Å². The molecule has 0 bridgehead atoms. The number of urea groups is 1. The van der Waals surface area contributed by atoms with Crippen LogP contribution in [0.3, 0.4) is 0 Å². The molecule has 0 spiro atoms. The Morgan fingerprint density at radius 3 is 2.45 bits per heavy atom. The van der Waals surface area contributed by atoms with Crippen molar-refractivity contribution >= 4 is 12.0 Å². The van der Waals surface area contributed by atoms with Crippen LogP contribution in [0, 0.1) is 11.3 Å². The minimum atomic E-state index is -0.800. The molecule has 0 heterocycles. The Morgan fingerprint density at radius 2 is 1.85 bits per heavy atom. The molecular weight excluding hydrogens is 256 g/mol. The van der Waals surface area contributed by atoms with Gasteiger partial charge in [-0.2, -0.15) is 0 Å². The van der Waals surface area contributed by atoms with Crippen LogP contribution in [0.1, 0.15) is 59.3 Å². The molecule has 0 aromatic heterocycles. The van der Waals surface area contributed by atoms with Crippen molar-refractivity contribution in [3.8, 4) is 0 Å². The monoisotopic (exact) mass is 284 g/mol. The molecule has 2 unspecified atom stereocenters. The summed E-state index contributed by atoms with van der Waals surface area (Å²) in [6.07, 6.45) is 5.35. The van der Waals surface area contributed by atoms with Crippen molar-refractivity contribution < 1.29 is 14.7 Å². The standard InChI is InChI=1S/C15H28N2O3/c1-4-15(2,3)10-16-14(20)17-12-9-7-5-6-8-11(12)13(18)19/h11-12H,4-10H2,1-3H3,(H,18,19)(H2,16,17,20). The second kappa shape index (κ2) is 7.50. The molecule has 2 amide bonds. The highest BCUT2D eigenvalue weighted by atomic mass is 16.4. The topological polar surface area (TPSA) is 78.4 Å². The number of nitrogens with one attached hydrogen (secondary N) is 2. The van der Waals surface area contributed by atoms with Gasteiger partial charge in [0.05, 0.1) is 5.92 Å². The molecule has 0 radical (unpaired) electrons. The first-order chi connectivity index (χ1) is 9.35. The lowest BCUT2D eigenvalue weighted by molar-refractivity contribution is -0.142. The van der Waals surface area contributed by atoms with E-state index in [2.05, 4.69) is 31.4 Å². The van der Waals surface area contributed by atoms with Gasteiger partial charge in [-0.15, -0.1) is 0 Å². The van der Waals surface area contributed by atoms with Crippen LogP contribution in [0.5, 0.6) is 0 Å². The fourth-order valence-electron chi connectivity index (χ4n) is 2.44. The minimum absolute atomic E-state index is 0.0625. The molecule has 0 saturated heterocycles. The molecule has 1 aliphatic carbocycles. The first-order valence-electron chi connectivity index (χ1n) is 7.63. The molecule has 2 atom stereocenters. The van der Waals surface area contributed by atoms with E-state index in [1.807, 2.05) is 0 Å². The Balaban J connectivity index is 2.51. The molecule has 20 heavy (non-hydrogen) atoms. The lowest BCUT2D eigenvalue weighted by Gasteiger charge is -2.26. The highest BCUT2D eigenvalue weighted by Gasteiger charge is 2.30. The van der Waals surface area contributed by atoms with Gasteiger partial charge in [-0.05, 0) is 24.7 Å². The van der Waals surface area contributed by atoms with Gasteiger partial charge in [0.2, 0.25) is 0 Å². The molecule has 1 fully saturated rings. The summed E-state index contributed by atoms with van der Waals surface area (Å²) in [5.74, 6) is -1.26. The molecule has 0 aromatic rings. The maximum absolute atomic E-state index is 11.9.